The molecule has 19 heavy (non-hydrogen) atoms. The van der Waals surface area contributed by atoms with Gasteiger partial charge >= 0.3 is 0 Å². The van der Waals surface area contributed by atoms with Crippen LogP contribution in [0.3, 0.4) is 0 Å². The first-order valence-corrected chi connectivity index (χ1v) is 7.34. The van der Waals surface area contributed by atoms with Gasteiger partial charge in [0.2, 0.25) is 0 Å². The van der Waals surface area contributed by atoms with Crippen LogP contribution in [-0.4, -0.2) is 24.1 Å². The second kappa shape index (κ2) is 5.82. The van der Waals surface area contributed by atoms with Crippen LogP contribution in [0.1, 0.15) is 25.8 Å². The first kappa shape index (κ1) is 14.2. The second-order valence-electron chi connectivity index (χ2n) is 5.39. The zero-order chi connectivity index (χ0) is 14.0. The van der Waals surface area contributed by atoms with Crippen LogP contribution in [0.25, 0.3) is 0 Å². The van der Waals surface area contributed by atoms with Crippen LogP contribution >= 0.6 is 15.9 Å². The Labute approximate surface area is 122 Å². The van der Waals surface area contributed by atoms with Crippen molar-refractivity contribution in [3.8, 4) is 0 Å². The van der Waals surface area contributed by atoms with E-state index in [4.69, 9.17) is 10.9 Å². The third-order valence-electron chi connectivity index (χ3n) is 3.85. The number of hydrogen-bond acceptors (Lipinski definition) is 3. The minimum atomic E-state index is 0.157. The molecule has 0 radical (unpaired) electrons. The number of anilines is 1. The molecule has 0 amide bonds. The van der Waals surface area contributed by atoms with Gasteiger partial charge in [0.25, 0.3) is 0 Å². The van der Waals surface area contributed by atoms with Crippen molar-refractivity contribution in [2.24, 2.45) is 22.7 Å². The molecule has 1 atom stereocenters. The normalized spacial score (nSPS) is 20.3. The van der Waals surface area contributed by atoms with E-state index in [1.54, 1.807) is 0 Å². The molecule has 1 aromatic rings. The van der Waals surface area contributed by atoms with Gasteiger partial charge < -0.3 is 15.8 Å². The van der Waals surface area contributed by atoms with E-state index in [0.29, 0.717) is 11.8 Å². The van der Waals surface area contributed by atoms with Gasteiger partial charge in [-0.1, -0.05) is 34.9 Å². The van der Waals surface area contributed by atoms with Crippen molar-refractivity contribution >= 4 is 27.5 Å². The molecule has 1 heterocycles. The fourth-order valence-corrected chi connectivity index (χ4v) is 2.95. The molecule has 0 saturated carbocycles. The largest absolute Gasteiger partial charge is 0.409 e. The highest BCUT2D eigenvalue weighted by atomic mass is 79.9. The number of nitrogens with two attached hydrogens (primary N) is 1. The van der Waals surface area contributed by atoms with Gasteiger partial charge in [0.05, 0.1) is 0 Å². The molecule has 1 unspecified atom stereocenters. The summed E-state index contributed by atoms with van der Waals surface area (Å²) < 4.78 is 0.928. The molecule has 0 bridgehead atoms. The van der Waals surface area contributed by atoms with Crippen molar-refractivity contribution in [1.82, 2.24) is 0 Å². The number of halogens is 1. The number of hydrogen-bond donors (Lipinski definition) is 2. The molecule has 1 aliphatic heterocycles. The Morgan fingerprint density at radius 1 is 1.53 bits per heavy atom. The number of rotatable bonds is 3. The topological polar surface area (TPSA) is 61.8 Å². The average Bonchev–Trinajstić information content (AvgIpc) is 2.87. The van der Waals surface area contributed by atoms with E-state index < -0.39 is 0 Å². The highest BCUT2D eigenvalue weighted by Crippen LogP contribution is 2.31. The zero-order valence-corrected chi connectivity index (χ0v) is 12.9. The third kappa shape index (κ3) is 3.03. The number of benzene rings is 1. The van der Waals surface area contributed by atoms with E-state index in [9.17, 15) is 0 Å². The highest BCUT2D eigenvalue weighted by molar-refractivity contribution is 9.10. The Hall–Kier alpha value is -1.23. The average molecular weight is 326 g/mol. The van der Waals surface area contributed by atoms with Gasteiger partial charge in [-0.3, -0.25) is 0 Å². The maximum atomic E-state index is 8.92. The lowest BCUT2D eigenvalue weighted by Gasteiger charge is -2.22. The Balaban J connectivity index is 2.30. The SMILES string of the molecule is CC(C)C1CCN(c2ccc(Br)cc2/C(N)=N/O)C1. The molecular weight excluding hydrogens is 306 g/mol. The predicted molar refractivity (Wildman–Crippen MR) is 81.8 cm³/mol. The van der Waals surface area contributed by atoms with E-state index in [-0.39, 0.29) is 5.84 Å². The molecule has 1 aromatic carbocycles. The fraction of sp³-hybridized carbons (Fsp3) is 0.500. The lowest BCUT2D eigenvalue weighted by molar-refractivity contribution is 0.318. The van der Waals surface area contributed by atoms with E-state index >= 15 is 0 Å². The lowest BCUT2D eigenvalue weighted by Crippen LogP contribution is -2.25. The molecule has 0 aliphatic carbocycles. The summed E-state index contributed by atoms with van der Waals surface area (Å²) in [4.78, 5) is 2.32. The van der Waals surface area contributed by atoms with E-state index in [2.05, 4.69) is 39.8 Å². The van der Waals surface area contributed by atoms with Crippen LogP contribution in [-0.2, 0) is 0 Å². The molecule has 4 nitrogen and oxygen atoms in total. The van der Waals surface area contributed by atoms with Crippen LogP contribution in [0.4, 0.5) is 5.69 Å². The second-order valence-corrected chi connectivity index (χ2v) is 6.30. The zero-order valence-electron chi connectivity index (χ0n) is 11.3. The number of amidine groups is 1. The van der Waals surface area contributed by atoms with Crippen LogP contribution in [0, 0.1) is 11.8 Å². The molecule has 1 aliphatic rings. The maximum absolute atomic E-state index is 8.92. The summed E-state index contributed by atoms with van der Waals surface area (Å²) in [5.41, 5.74) is 7.60. The quantitative estimate of drug-likeness (QED) is 0.388. The first-order valence-electron chi connectivity index (χ1n) is 6.55. The number of nitrogens with zero attached hydrogens (tertiary/aromatic N) is 2. The Morgan fingerprint density at radius 2 is 2.26 bits per heavy atom. The van der Waals surface area contributed by atoms with Gasteiger partial charge in [-0.15, -0.1) is 0 Å². The van der Waals surface area contributed by atoms with Crippen LogP contribution < -0.4 is 10.6 Å². The molecule has 3 N–H and O–H groups in total. The monoisotopic (exact) mass is 325 g/mol. The molecule has 0 aromatic heterocycles. The third-order valence-corrected chi connectivity index (χ3v) is 4.34. The first-order chi connectivity index (χ1) is 9.02. The fourth-order valence-electron chi connectivity index (χ4n) is 2.59. The molecule has 1 fully saturated rings. The summed E-state index contributed by atoms with van der Waals surface area (Å²) in [5.74, 6) is 1.56. The number of oxime groups is 1. The minimum Gasteiger partial charge on any atom is -0.409 e. The summed E-state index contributed by atoms with van der Waals surface area (Å²) in [6, 6.07) is 5.92. The summed E-state index contributed by atoms with van der Waals surface area (Å²) in [5, 5.41) is 12.0. The van der Waals surface area contributed by atoms with Gasteiger partial charge in [-0.2, -0.15) is 0 Å². The summed E-state index contributed by atoms with van der Waals surface area (Å²) >= 11 is 3.43. The maximum Gasteiger partial charge on any atom is 0.172 e. The van der Waals surface area contributed by atoms with Crippen molar-refractivity contribution in [3.63, 3.8) is 0 Å². The lowest BCUT2D eigenvalue weighted by atomic mass is 9.95. The van der Waals surface area contributed by atoms with Crippen molar-refractivity contribution < 1.29 is 5.21 Å². The van der Waals surface area contributed by atoms with Crippen molar-refractivity contribution in [2.45, 2.75) is 20.3 Å². The van der Waals surface area contributed by atoms with Crippen LogP contribution in [0.5, 0.6) is 0 Å². The van der Waals surface area contributed by atoms with Crippen LogP contribution in [0.2, 0.25) is 0 Å². The van der Waals surface area contributed by atoms with Crippen LogP contribution in [0.15, 0.2) is 27.8 Å². The molecule has 5 heteroatoms. The van der Waals surface area contributed by atoms with E-state index in [1.165, 1.54) is 6.42 Å². The molecule has 2 rings (SSSR count). The smallest absolute Gasteiger partial charge is 0.172 e. The summed E-state index contributed by atoms with van der Waals surface area (Å²) in [6.45, 7) is 6.58. The van der Waals surface area contributed by atoms with Crippen molar-refractivity contribution in [2.75, 3.05) is 18.0 Å². The van der Waals surface area contributed by atoms with Gasteiger partial charge in [0, 0.05) is 28.8 Å². The minimum absolute atomic E-state index is 0.157. The van der Waals surface area contributed by atoms with E-state index in [0.717, 1.165) is 28.8 Å². The van der Waals surface area contributed by atoms with Crippen molar-refractivity contribution in [1.29, 1.82) is 0 Å². The van der Waals surface area contributed by atoms with Gasteiger partial charge in [-0.05, 0) is 36.5 Å². The van der Waals surface area contributed by atoms with Gasteiger partial charge in [0.1, 0.15) is 0 Å². The standard InChI is InChI=1S/C14H20BrN3O/c1-9(2)10-5-6-18(8-10)13-4-3-11(15)7-12(13)14(16)17-19/h3-4,7,9-10,19H,5-6,8H2,1-2H3,(H2,16,17). The van der Waals surface area contributed by atoms with Gasteiger partial charge in [-0.25, -0.2) is 0 Å². The molecule has 104 valence electrons. The Morgan fingerprint density at radius 3 is 2.84 bits per heavy atom. The highest BCUT2D eigenvalue weighted by Gasteiger charge is 2.26. The summed E-state index contributed by atoms with van der Waals surface area (Å²) in [6.07, 6.45) is 1.20. The Bertz CT molecular complexity index is 488. The van der Waals surface area contributed by atoms with Crippen molar-refractivity contribution in [3.05, 3.63) is 28.2 Å². The Kier molecular flexibility index (Phi) is 4.34. The molecular formula is C14H20BrN3O. The van der Waals surface area contributed by atoms with E-state index in [1.807, 2.05) is 18.2 Å². The molecule has 0 spiro atoms. The molecule has 1 saturated heterocycles. The van der Waals surface area contributed by atoms with Gasteiger partial charge in [0.15, 0.2) is 5.84 Å². The predicted octanol–water partition coefficient (Wildman–Crippen LogP) is 3.03. The summed E-state index contributed by atoms with van der Waals surface area (Å²) in [7, 11) is 0.